The molecule has 0 radical (unpaired) electrons. The minimum atomic E-state index is -4.04. The molecule has 1 fully saturated rings. The fourth-order valence-corrected chi connectivity index (χ4v) is 3.55. The van der Waals surface area contributed by atoms with Gasteiger partial charge in [0.2, 0.25) is 10.0 Å². The molecule has 20 heavy (non-hydrogen) atoms. The molecule has 3 N–H and O–H groups in total. The molecule has 0 aromatic heterocycles. The van der Waals surface area contributed by atoms with Gasteiger partial charge < -0.3 is 5.32 Å². The molecule has 1 aromatic rings. The summed E-state index contributed by atoms with van der Waals surface area (Å²) in [5, 5.41) is 7.66. The lowest BCUT2D eigenvalue weighted by Gasteiger charge is -2.33. The molecular formula is C12H14Cl2N2O3S. The van der Waals surface area contributed by atoms with Crippen LogP contribution < -0.4 is 10.5 Å². The van der Waals surface area contributed by atoms with E-state index in [9.17, 15) is 13.2 Å². The lowest BCUT2D eigenvalue weighted by molar-refractivity contribution is 0.0896. The van der Waals surface area contributed by atoms with E-state index in [1.165, 1.54) is 6.07 Å². The monoisotopic (exact) mass is 336 g/mol. The third-order valence-electron chi connectivity index (χ3n) is 3.27. The number of carbonyl (C=O) groups is 1. The summed E-state index contributed by atoms with van der Waals surface area (Å²) in [5.41, 5.74) is 0.128. The molecule has 1 amide bonds. The number of benzene rings is 1. The summed E-state index contributed by atoms with van der Waals surface area (Å²) in [5.74, 6) is 0.208. The Labute approximate surface area is 127 Å². The van der Waals surface area contributed by atoms with E-state index in [0.717, 1.165) is 18.9 Å². The van der Waals surface area contributed by atoms with Crippen molar-refractivity contribution in [3.63, 3.8) is 0 Å². The van der Waals surface area contributed by atoms with Gasteiger partial charge in [0.05, 0.1) is 10.0 Å². The van der Waals surface area contributed by atoms with Crippen LogP contribution in [0.1, 0.15) is 30.1 Å². The standard InChI is InChI=1S/C12H14Cl2N2O3S/c1-6-2-8(3-6)16-12(17)7-4-9(13)11(14)10(5-7)20(15,18)19/h4-6,8H,2-3H2,1H3,(H,16,17)(H2,15,18,19). The minimum absolute atomic E-state index is 0.0229. The first-order valence-electron chi connectivity index (χ1n) is 6.01. The lowest BCUT2D eigenvalue weighted by Crippen LogP contribution is -2.43. The SMILES string of the molecule is CC1CC(NC(=O)c2cc(Cl)c(Cl)c(S(N)(=O)=O)c2)C1. The van der Waals surface area contributed by atoms with E-state index < -0.39 is 10.0 Å². The molecule has 0 bridgehead atoms. The molecule has 8 heteroatoms. The number of rotatable bonds is 3. The third-order valence-corrected chi connectivity index (χ3v) is 5.12. The quantitative estimate of drug-likeness (QED) is 0.886. The summed E-state index contributed by atoms with van der Waals surface area (Å²) in [7, 11) is -4.04. The minimum Gasteiger partial charge on any atom is -0.349 e. The van der Waals surface area contributed by atoms with Crippen LogP contribution in [0.25, 0.3) is 0 Å². The van der Waals surface area contributed by atoms with Crippen LogP contribution in [0.5, 0.6) is 0 Å². The van der Waals surface area contributed by atoms with Crippen LogP contribution in [-0.2, 0) is 10.0 Å². The van der Waals surface area contributed by atoms with Crippen LogP contribution in [0.15, 0.2) is 17.0 Å². The summed E-state index contributed by atoms with van der Waals surface area (Å²) >= 11 is 11.6. The maximum atomic E-state index is 12.0. The zero-order valence-corrected chi connectivity index (χ0v) is 13.0. The highest BCUT2D eigenvalue weighted by Gasteiger charge is 2.27. The summed E-state index contributed by atoms with van der Waals surface area (Å²) in [6, 6.07) is 2.58. The van der Waals surface area contributed by atoms with Crippen LogP contribution in [0.3, 0.4) is 0 Å². The fraction of sp³-hybridized carbons (Fsp3) is 0.417. The van der Waals surface area contributed by atoms with Gasteiger partial charge >= 0.3 is 0 Å². The van der Waals surface area contributed by atoms with E-state index >= 15 is 0 Å². The highest BCUT2D eigenvalue weighted by atomic mass is 35.5. The van der Waals surface area contributed by atoms with Crippen LogP contribution in [-0.4, -0.2) is 20.4 Å². The molecule has 0 heterocycles. The molecule has 0 saturated heterocycles. The zero-order chi connectivity index (χ0) is 15.1. The Morgan fingerprint density at radius 2 is 1.95 bits per heavy atom. The summed E-state index contributed by atoms with van der Waals surface area (Å²) in [6.45, 7) is 2.10. The number of hydrogen-bond acceptors (Lipinski definition) is 3. The van der Waals surface area contributed by atoms with E-state index in [4.69, 9.17) is 28.3 Å². The number of sulfonamides is 1. The van der Waals surface area contributed by atoms with E-state index in [1.807, 2.05) is 0 Å². The molecule has 1 saturated carbocycles. The number of carbonyl (C=O) groups excluding carboxylic acids is 1. The van der Waals surface area contributed by atoms with E-state index in [-0.39, 0.29) is 32.5 Å². The van der Waals surface area contributed by atoms with Gasteiger partial charge in [-0.1, -0.05) is 30.1 Å². The van der Waals surface area contributed by atoms with Crippen molar-refractivity contribution in [2.75, 3.05) is 0 Å². The molecule has 5 nitrogen and oxygen atoms in total. The Kier molecular flexibility index (Phi) is 4.30. The molecule has 1 aliphatic carbocycles. The predicted octanol–water partition coefficient (Wildman–Crippen LogP) is 2.17. The van der Waals surface area contributed by atoms with Gasteiger partial charge in [-0.05, 0) is 30.9 Å². The first-order chi connectivity index (χ1) is 9.18. The van der Waals surface area contributed by atoms with Gasteiger partial charge in [0.15, 0.2) is 0 Å². The normalized spacial score (nSPS) is 22.2. The third kappa shape index (κ3) is 3.25. The van der Waals surface area contributed by atoms with Gasteiger partial charge in [0.1, 0.15) is 4.90 Å². The molecule has 2 rings (SSSR count). The molecular weight excluding hydrogens is 323 g/mol. The Morgan fingerprint density at radius 3 is 2.45 bits per heavy atom. The molecule has 1 aromatic carbocycles. The Bertz CT molecular complexity index is 655. The molecule has 110 valence electrons. The first kappa shape index (κ1) is 15.6. The van der Waals surface area contributed by atoms with Crippen molar-refractivity contribution in [1.29, 1.82) is 0 Å². The van der Waals surface area contributed by atoms with Gasteiger partial charge in [0.25, 0.3) is 5.91 Å². The number of halogens is 2. The highest BCUT2D eigenvalue weighted by Crippen LogP contribution is 2.31. The second-order valence-electron chi connectivity index (χ2n) is 5.06. The smallest absolute Gasteiger partial charge is 0.251 e. The van der Waals surface area contributed by atoms with Crippen LogP contribution in [0.4, 0.5) is 0 Å². The molecule has 0 unspecified atom stereocenters. The number of amides is 1. The average Bonchev–Trinajstić information content (AvgIpc) is 2.28. The van der Waals surface area contributed by atoms with Gasteiger partial charge in [-0.3, -0.25) is 4.79 Å². The van der Waals surface area contributed by atoms with Crippen molar-refractivity contribution >= 4 is 39.1 Å². The average molecular weight is 337 g/mol. The van der Waals surface area contributed by atoms with Gasteiger partial charge in [0, 0.05) is 11.6 Å². The van der Waals surface area contributed by atoms with Crippen molar-refractivity contribution in [3.05, 3.63) is 27.7 Å². The van der Waals surface area contributed by atoms with Crippen molar-refractivity contribution in [1.82, 2.24) is 5.32 Å². The highest BCUT2D eigenvalue weighted by molar-refractivity contribution is 7.89. The van der Waals surface area contributed by atoms with Crippen LogP contribution in [0, 0.1) is 5.92 Å². The summed E-state index contributed by atoms with van der Waals surface area (Å²) in [6.07, 6.45) is 1.82. The van der Waals surface area contributed by atoms with Crippen molar-refractivity contribution in [2.24, 2.45) is 11.1 Å². The fourth-order valence-electron chi connectivity index (χ4n) is 2.19. The van der Waals surface area contributed by atoms with E-state index in [1.54, 1.807) is 0 Å². The van der Waals surface area contributed by atoms with Crippen molar-refractivity contribution in [3.8, 4) is 0 Å². The van der Waals surface area contributed by atoms with Crippen LogP contribution in [0.2, 0.25) is 10.0 Å². The first-order valence-corrected chi connectivity index (χ1v) is 8.31. The maximum Gasteiger partial charge on any atom is 0.251 e. The zero-order valence-electron chi connectivity index (χ0n) is 10.7. The summed E-state index contributed by atoms with van der Waals surface area (Å²) in [4.78, 5) is 11.7. The van der Waals surface area contributed by atoms with Gasteiger partial charge in [-0.2, -0.15) is 0 Å². The molecule has 1 aliphatic rings. The van der Waals surface area contributed by atoms with Gasteiger partial charge in [-0.25, -0.2) is 13.6 Å². The van der Waals surface area contributed by atoms with Crippen LogP contribution >= 0.6 is 23.2 Å². The topological polar surface area (TPSA) is 89.3 Å². The van der Waals surface area contributed by atoms with Crippen molar-refractivity contribution < 1.29 is 13.2 Å². The number of hydrogen-bond donors (Lipinski definition) is 2. The number of primary sulfonamides is 1. The Morgan fingerprint density at radius 1 is 1.35 bits per heavy atom. The van der Waals surface area contributed by atoms with Crippen molar-refractivity contribution in [2.45, 2.75) is 30.7 Å². The Hall–Kier alpha value is -0.820. The number of nitrogens with two attached hydrogens (primary N) is 1. The largest absolute Gasteiger partial charge is 0.349 e. The lowest BCUT2D eigenvalue weighted by atomic mass is 9.82. The summed E-state index contributed by atoms with van der Waals surface area (Å²) < 4.78 is 22.8. The Balaban J connectivity index is 2.28. The second-order valence-corrected chi connectivity index (χ2v) is 7.38. The maximum absolute atomic E-state index is 12.0. The molecule has 0 spiro atoms. The van der Waals surface area contributed by atoms with E-state index in [2.05, 4.69) is 12.2 Å². The number of nitrogens with one attached hydrogen (secondary N) is 1. The predicted molar refractivity (Wildman–Crippen MR) is 77.5 cm³/mol. The van der Waals surface area contributed by atoms with E-state index in [0.29, 0.717) is 5.92 Å². The van der Waals surface area contributed by atoms with Gasteiger partial charge in [-0.15, -0.1) is 0 Å². The molecule has 0 aliphatic heterocycles. The second kappa shape index (κ2) is 5.52. The molecule has 0 atom stereocenters.